The van der Waals surface area contributed by atoms with E-state index >= 15 is 0 Å². The Hall–Kier alpha value is -0.870. The molecule has 0 aliphatic carbocycles. The molecule has 1 saturated heterocycles. The highest BCUT2D eigenvalue weighted by Crippen LogP contribution is 2.39. The molecular formula is C14H21NO2S. The van der Waals surface area contributed by atoms with Crippen molar-refractivity contribution in [2.75, 3.05) is 33.6 Å². The highest BCUT2D eigenvalue weighted by atomic mass is 32.2. The van der Waals surface area contributed by atoms with Gasteiger partial charge in [0, 0.05) is 11.4 Å². The molecule has 4 heteroatoms. The summed E-state index contributed by atoms with van der Waals surface area (Å²) in [6.07, 6.45) is 4.60. The van der Waals surface area contributed by atoms with E-state index in [2.05, 4.69) is 23.7 Å². The normalized spacial score (nSPS) is 19.6. The van der Waals surface area contributed by atoms with Crippen LogP contribution >= 0.6 is 11.8 Å². The minimum Gasteiger partial charge on any atom is -0.493 e. The van der Waals surface area contributed by atoms with Crippen molar-refractivity contribution < 1.29 is 9.47 Å². The Morgan fingerprint density at radius 2 is 1.94 bits per heavy atom. The molecule has 1 fully saturated rings. The predicted octanol–water partition coefficient (Wildman–Crippen LogP) is 2.89. The number of rotatable bonds is 4. The molecular weight excluding hydrogens is 246 g/mol. The van der Waals surface area contributed by atoms with Crippen molar-refractivity contribution in [1.82, 2.24) is 5.32 Å². The van der Waals surface area contributed by atoms with Crippen molar-refractivity contribution in [3.63, 3.8) is 0 Å². The number of hydrogen-bond donors (Lipinski definition) is 1. The average Bonchev–Trinajstić information content (AvgIpc) is 2.46. The van der Waals surface area contributed by atoms with E-state index in [4.69, 9.17) is 9.47 Å². The molecule has 1 aliphatic rings. The Morgan fingerprint density at radius 1 is 1.22 bits per heavy atom. The monoisotopic (exact) mass is 267 g/mol. The molecule has 0 aromatic heterocycles. The largest absolute Gasteiger partial charge is 0.493 e. The lowest BCUT2D eigenvalue weighted by atomic mass is 9.91. The van der Waals surface area contributed by atoms with Gasteiger partial charge >= 0.3 is 0 Å². The number of ether oxygens (including phenoxy) is 2. The van der Waals surface area contributed by atoms with Crippen molar-refractivity contribution in [1.29, 1.82) is 0 Å². The molecule has 1 atom stereocenters. The summed E-state index contributed by atoms with van der Waals surface area (Å²) in [5.74, 6) is 2.23. The van der Waals surface area contributed by atoms with Gasteiger partial charge < -0.3 is 14.8 Å². The second-order valence-corrected chi connectivity index (χ2v) is 5.34. The summed E-state index contributed by atoms with van der Waals surface area (Å²) < 4.78 is 10.8. The minimum absolute atomic E-state index is 0.584. The van der Waals surface area contributed by atoms with Crippen molar-refractivity contribution in [3.05, 3.63) is 17.7 Å². The van der Waals surface area contributed by atoms with Crippen molar-refractivity contribution in [3.8, 4) is 11.5 Å². The molecule has 0 radical (unpaired) electrons. The summed E-state index contributed by atoms with van der Waals surface area (Å²) >= 11 is 1.77. The molecule has 1 unspecified atom stereocenters. The van der Waals surface area contributed by atoms with Gasteiger partial charge in [0.2, 0.25) is 0 Å². The molecule has 18 heavy (non-hydrogen) atoms. The first-order valence-corrected chi connectivity index (χ1v) is 7.53. The van der Waals surface area contributed by atoms with E-state index in [9.17, 15) is 0 Å². The maximum atomic E-state index is 5.41. The summed E-state index contributed by atoms with van der Waals surface area (Å²) in [4.78, 5) is 1.29. The number of piperidine rings is 1. The van der Waals surface area contributed by atoms with Gasteiger partial charge in [0.15, 0.2) is 11.5 Å². The third kappa shape index (κ3) is 2.75. The van der Waals surface area contributed by atoms with Crippen LogP contribution in [0.4, 0.5) is 0 Å². The average molecular weight is 267 g/mol. The van der Waals surface area contributed by atoms with Crippen LogP contribution in [0.15, 0.2) is 17.0 Å². The molecule has 100 valence electrons. The maximum absolute atomic E-state index is 5.41. The van der Waals surface area contributed by atoms with E-state index in [0.717, 1.165) is 24.6 Å². The van der Waals surface area contributed by atoms with E-state index < -0.39 is 0 Å². The molecule has 1 aliphatic heterocycles. The van der Waals surface area contributed by atoms with Gasteiger partial charge in [-0.3, -0.25) is 0 Å². The highest BCUT2D eigenvalue weighted by molar-refractivity contribution is 7.98. The van der Waals surface area contributed by atoms with E-state index in [1.54, 1.807) is 26.0 Å². The van der Waals surface area contributed by atoms with Gasteiger partial charge in [0.05, 0.1) is 14.2 Å². The quantitative estimate of drug-likeness (QED) is 0.850. The molecule has 3 nitrogen and oxygen atoms in total. The van der Waals surface area contributed by atoms with E-state index in [1.807, 2.05) is 0 Å². The molecule has 0 spiro atoms. The number of hydrogen-bond acceptors (Lipinski definition) is 4. The fourth-order valence-electron chi connectivity index (χ4n) is 2.49. The summed E-state index contributed by atoms with van der Waals surface area (Å²) in [7, 11) is 3.38. The van der Waals surface area contributed by atoms with Crippen LogP contribution in [0.1, 0.15) is 24.3 Å². The van der Waals surface area contributed by atoms with Gasteiger partial charge in [-0.2, -0.15) is 0 Å². The summed E-state index contributed by atoms with van der Waals surface area (Å²) in [5, 5.41) is 3.47. The molecule has 1 N–H and O–H groups in total. The third-order valence-electron chi connectivity index (χ3n) is 3.47. The Labute approximate surface area is 113 Å². The SMILES string of the molecule is COc1cc(SC)c(C2CCCNC2)cc1OC. The molecule has 1 aromatic carbocycles. The number of nitrogens with one attached hydrogen (secondary N) is 1. The molecule has 1 aromatic rings. The zero-order chi connectivity index (χ0) is 13.0. The van der Waals surface area contributed by atoms with Crippen LogP contribution in [0.25, 0.3) is 0 Å². The van der Waals surface area contributed by atoms with Gasteiger partial charge in [0.1, 0.15) is 0 Å². The van der Waals surface area contributed by atoms with Gasteiger partial charge in [-0.25, -0.2) is 0 Å². The van der Waals surface area contributed by atoms with E-state index in [-0.39, 0.29) is 0 Å². The van der Waals surface area contributed by atoms with Crippen LogP contribution in [0.5, 0.6) is 11.5 Å². The third-order valence-corrected chi connectivity index (χ3v) is 4.27. The first-order chi connectivity index (χ1) is 8.80. The lowest BCUT2D eigenvalue weighted by Crippen LogP contribution is -2.28. The number of thioether (sulfide) groups is 1. The lowest BCUT2D eigenvalue weighted by molar-refractivity contribution is 0.352. The Kier molecular flexibility index (Phi) is 4.78. The summed E-state index contributed by atoms with van der Waals surface area (Å²) in [5.41, 5.74) is 1.38. The Morgan fingerprint density at radius 3 is 2.50 bits per heavy atom. The highest BCUT2D eigenvalue weighted by Gasteiger charge is 2.20. The molecule has 1 heterocycles. The van der Waals surface area contributed by atoms with E-state index in [1.165, 1.54) is 23.3 Å². The van der Waals surface area contributed by atoms with Gasteiger partial charge in [-0.05, 0) is 49.3 Å². The number of methoxy groups -OCH3 is 2. The van der Waals surface area contributed by atoms with Crippen LogP contribution in [0.3, 0.4) is 0 Å². The summed E-state index contributed by atoms with van der Waals surface area (Å²) in [6.45, 7) is 2.20. The van der Waals surface area contributed by atoms with Gasteiger partial charge in [0.25, 0.3) is 0 Å². The van der Waals surface area contributed by atoms with Gasteiger partial charge in [-0.1, -0.05) is 0 Å². The second-order valence-electron chi connectivity index (χ2n) is 4.49. The van der Waals surface area contributed by atoms with Crippen molar-refractivity contribution in [2.24, 2.45) is 0 Å². The topological polar surface area (TPSA) is 30.5 Å². The molecule has 2 rings (SSSR count). The Balaban J connectivity index is 2.37. The molecule has 0 saturated carbocycles. The van der Waals surface area contributed by atoms with Crippen LogP contribution < -0.4 is 14.8 Å². The molecule has 0 bridgehead atoms. The van der Waals surface area contributed by atoms with Gasteiger partial charge in [-0.15, -0.1) is 11.8 Å². The smallest absolute Gasteiger partial charge is 0.161 e. The minimum atomic E-state index is 0.584. The lowest BCUT2D eigenvalue weighted by Gasteiger charge is -2.25. The summed E-state index contributed by atoms with van der Waals surface area (Å²) in [6, 6.07) is 4.23. The van der Waals surface area contributed by atoms with Crippen molar-refractivity contribution >= 4 is 11.8 Å². The first-order valence-electron chi connectivity index (χ1n) is 6.30. The van der Waals surface area contributed by atoms with Crippen LogP contribution in [-0.2, 0) is 0 Å². The first kappa shape index (κ1) is 13.6. The fourth-order valence-corrected chi connectivity index (χ4v) is 3.18. The van der Waals surface area contributed by atoms with Crippen LogP contribution in [-0.4, -0.2) is 33.6 Å². The zero-order valence-electron chi connectivity index (χ0n) is 11.3. The molecule has 0 amide bonds. The van der Waals surface area contributed by atoms with Crippen LogP contribution in [0.2, 0.25) is 0 Å². The predicted molar refractivity (Wildman–Crippen MR) is 76.2 cm³/mol. The Bertz CT molecular complexity index is 403. The zero-order valence-corrected chi connectivity index (χ0v) is 12.1. The standard InChI is InChI=1S/C14H21NO2S/c1-16-12-7-11(10-5-4-6-15-9-10)14(18-3)8-13(12)17-2/h7-8,10,15H,4-6,9H2,1-3H3. The van der Waals surface area contributed by atoms with E-state index in [0.29, 0.717) is 5.92 Å². The fraction of sp³-hybridized carbons (Fsp3) is 0.571. The van der Waals surface area contributed by atoms with Crippen molar-refractivity contribution in [2.45, 2.75) is 23.7 Å². The second kappa shape index (κ2) is 6.34. The number of benzene rings is 1. The maximum Gasteiger partial charge on any atom is 0.161 e. The van der Waals surface area contributed by atoms with Crippen LogP contribution in [0, 0.1) is 0 Å².